The summed E-state index contributed by atoms with van der Waals surface area (Å²) in [6, 6.07) is 4.45. The van der Waals surface area contributed by atoms with Gasteiger partial charge in [-0.3, -0.25) is 4.98 Å². The molecule has 0 amide bonds. The van der Waals surface area contributed by atoms with E-state index in [1.54, 1.807) is 0 Å². The van der Waals surface area contributed by atoms with Gasteiger partial charge in [-0.15, -0.1) is 0 Å². The number of nitrogens with zero attached hydrogens (tertiary/aromatic N) is 1. The third kappa shape index (κ3) is 6.75. The van der Waals surface area contributed by atoms with Gasteiger partial charge in [-0.2, -0.15) is 0 Å². The molecular weight excluding hydrogens is 230 g/mol. The van der Waals surface area contributed by atoms with Crippen molar-refractivity contribution in [2.75, 3.05) is 0 Å². The molecule has 0 bridgehead atoms. The molecule has 19 heavy (non-hydrogen) atoms. The van der Waals surface area contributed by atoms with Crippen LogP contribution in [-0.4, -0.2) is 4.98 Å². The molecule has 0 aromatic carbocycles. The molecule has 1 aromatic heterocycles. The highest BCUT2D eigenvalue weighted by molar-refractivity contribution is 5.15. The maximum absolute atomic E-state index is 4.66. The molecule has 1 heteroatoms. The van der Waals surface area contributed by atoms with Gasteiger partial charge in [-0.25, -0.2) is 0 Å². The van der Waals surface area contributed by atoms with E-state index in [4.69, 9.17) is 0 Å². The number of unbranched alkanes of at least 4 members (excludes halogenated alkanes) is 5. The lowest BCUT2D eigenvalue weighted by Crippen LogP contribution is -2.02. The fourth-order valence-corrected chi connectivity index (χ4v) is 2.62. The van der Waals surface area contributed by atoms with Crippen molar-refractivity contribution < 1.29 is 0 Å². The smallest absolute Gasteiger partial charge is 0.0434 e. The molecule has 0 saturated carbocycles. The normalized spacial score (nSPS) is 12.6. The summed E-state index contributed by atoms with van der Waals surface area (Å²) in [6.07, 6.45) is 14.1. The largest absolute Gasteiger partial charge is 0.261 e. The predicted molar refractivity (Wildman–Crippen MR) is 84.6 cm³/mol. The van der Waals surface area contributed by atoms with E-state index >= 15 is 0 Å². The minimum Gasteiger partial charge on any atom is -0.261 e. The van der Waals surface area contributed by atoms with Crippen LogP contribution in [0.4, 0.5) is 0 Å². The highest BCUT2D eigenvalue weighted by Crippen LogP contribution is 2.27. The Morgan fingerprint density at radius 1 is 0.895 bits per heavy atom. The highest BCUT2D eigenvalue weighted by atomic mass is 14.7. The molecule has 0 fully saturated rings. The molecule has 1 unspecified atom stereocenters. The van der Waals surface area contributed by atoms with E-state index in [0.29, 0.717) is 5.92 Å². The van der Waals surface area contributed by atoms with Crippen LogP contribution in [0.5, 0.6) is 0 Å². The second-order valence-corrected chi connectivity index (χ2v) is 5.80. The van der Waals surface area contributed by atoms with Crippen LogP contribution in [0, 0.1) is 6.92 Å². The first kappa shape index (κ1) is 16.2. The van der Waals surface area contributed by atoms with Gasteiger partial charge in [0.2, 0.25) is 0 Å². The summed E-state index contributed by atoms with van der Waals surface area (Å²) in [5.74, 6) is 0.684. The van der Waals surface area contributed by atoms with Crippen molar-refractivity contribution in [3.63, 3.8) is 0 Å². The first-order valence-electron chi connectivity index (χ1n) is 8.20. The van der Waals surface area contributed by atoms with Gasteiger partial charge in [0.15, 0.2) is 0 Å². The van der Waals surface area contributed by atoms with Gasteiger partial charge >= 0.3 is 0 Å². The number of rotatable bonds is 10. The van der Waals surface area contributed by atoms with Crippen LogP contribution < -0.4 is 0 Å². The molecule has 0 aliphatic carbocycles. The summed E-state index contributed by atoms with van der Waals surface area (Å²) in [4.78, 5) is 4.66. The molecule has 0 saturated heterocycles. The zero-order chi connectivity index (χ0) is 13.9. The topological polar surface area (TPSA) is 12.9 Å². The molecule has 1 atom stereocenters. The molecule has 0 spiro atoms. The standard InChI is InChI=1S/C18H31N/c1-4-6-8-10-12-17(11-9-7-5-2)18-14-13-16(3)15-19-18/h13-15,17H,4-12H2,1-3H3. The summed E-state index contributed by atoms with van der Waals surface area (Å²) in [5.41, 5.74) is 2.58. The average molecular weight is 261 g/mol. The summed E-state index contributed by atoms with van der Waals surface area (Å²) < 4.78 is 0. The molecule has 1 aromatic rings. The van der Waals surface area contributed by atoms with Crippen molar-refractivity contribution in [2.45, 2.75) is 84.5 Å². The molecule has 1 rings (SSSR count). The van der Waals surface area contributed by atoms with Gasteiger partial charge in [0.25, 0.3) is 0 Å². The zero-order valence-electron chi connectivity index (χ0n) is 13.1. The van der Waals surface area contributed by atoms with Gasteiger partial charge in [-0.1, -0.05) is 64.9 Å². The van der Waals surface area contributed by atoms with Crippen LogP contribution in [0.3, 0.4) is 0 Å². The van der Waals surface area contributed by atoms with E-state index in [2.05, 4.69) is 37.9 Å². The summed E-state index contributed by atoms with van der Waals surface area (Å²) in [5, 5.41) is 0. The van der Waals surface area contributed by atoms with Crippen molar-refractivity contribution >= 4 is 0 Å². The van der Waals surface area contributed by atoms with Gasteiger partial charge in [0.05, 0.1) is 0 Å². The summed E-state index contributed by atoms with van der Waals surface area (Å²) in [6.45, 7) is 6.67. The Hall–Kier alpha value is -0.850. The van der Waals surface area contributed by atoms with Gasteiger partial charge in [0, 0.05) is 17.8 Å². The monoisotopic (exact) mass is 261 g/mol. The molecule has 0 aliphatic heterocycles. The average Bonchev–Trinajstić information content (AvgIpc) is 2.43. The Morgan fingerprint density at radius 3 is 2.11 bits per heavy atom. The van der Waals surface area contributed by atoms with E-state index in [1.165, 1.54) is 69.0 Å². The fraction of sp³-hybridized carbons (Fsp3) is 0.722. The summed E-state index contributed by atoms with van der Waals surface area (Å²) in [7, 11) is 0. The van der Waals surface area contributed by atoms with E-state index in [-0.39, 0.29) is 0 Å². The predicted octanol–water partition coefficient (Wildman–Crippen LogP) is 6.02. The second kappa shape index (κ2) is 10.00. The Labute approximate surface area is 119 Å². The Morgan fingerprint density at radius 2 is 1.53 bits per heavy atom. The number of pyridine rings is 1. The van der Waals surface area contributed by atoms with Crippen LogP contribution in [0.25, 0.3) is 0 Å². The lowest BCUT2D eigenvalue weighted by atomic mass is 9.91. The third-order valence-electron chi connectivity index (χ3n) is 3.91. The lowest BCUT2D eigenvalue weighted by molar-refractivity contribution is 0.493. The second-order valence-electron chi connectivity index (χ2n) is 5.80. The number of hydrogen-bond acceptors (Lipinski definition) is 1. The Balaban J connectivity index is 2.49. The van der Waals surface area contributed by atoms with Crippen molar-refractivity contribution in [1.29, 1.82) is 0 Å². The molecule has 1 heterocycles. The first-order chi connectivity index (χ1) is 9.27. The van der Waals surface area contributed by atoms with Crippen LogP contribution >= 0.6 is 0 Å². The number of hydrogen-bond donors (Lipinski definition) is 0. The maximum atomic E-state index is 4.66. The van der Waals surface area contributed by atoms with Crippen LogP contribution in [0.15, 0.2) is 18.3 Å². The number of aromatic nitrogens is 1. The van der Waals surface area contributed by atoms with Gasteiger partial charge in [0.1, 0.15) is 0 Å². The van der Waals surface area contributed by atoms with Crippen molar-refractivity contribution in [3.8, 4) is 0 Å². The van der Waals surface area contributed by atoms with E-state index in [1.807, 2.05) is 6.20 Å². The Kier molecular flexibility index (Phi) is 8.53. The third-order valence-corrected chi connectivity index (χ3v) is 3.91. The fourth-order valence-electron chi connectivity index (χ4n) is 2.62. The molecule has 0 N–H and O–H groups in total. The van der Waals surface area contributed by atoms with Crippen molar-refractivity contribution in [3.05, 3.63) is 29.6 Å². The van der Waals surface area contributed by atoms with Crippen LogP contribution in [0.2, 0.25) is 0 Å². The van der Waals surface area contributed by atoms with Gasteiger partial charge in [-0.05, 0) is 31.4 Å². The highest BCUT2D eigenvalue weighted by Gasteiger charge is 2.12. The number of aryl methyl sites for hydroxylation is 1. The minimum absolute atomic E-state index is 0.684. The maximum Gasteiger partial charge on any atom is 0.0434 e. The van der Waals surface area contributed by atoms with Crippen molar-refractivity contribution in [2.24, 2.45) is 0 Å². The SMILES string of the molecule is CCCCCCC(CCCCC)c1ccc(C)cn1. The van der Waals surface area contributed by atoms with E-state index in [9.17, 15) is 0 Å². The van der Waals surface area contributed by atoms with E-state index in [0.717, 1.165) is 0 Å². The molecule has 108 valence electrons. The molecule has 1 nitrogen and oxygen atoms in total. The zero-order valence-corrected chi connectivity index (χ0v) is 13.1. The molecule has 0 aliphatic rings. The van der Waals surface area contributed by atoms with Crippen LogP contribution in [-0.2, 0) is 0 Å². The van der Waals surface area contributed by atoms with Gasteiger partial charge < -0.3 is 0 Å². The van der Waals surface area contributed by atoms with Crippen LogP contribution in [0.1, 0.15) is 88.8 Å². The quantitative estimate of drug-likeness (QED) is 0.469. The minimum atomic E-state index is 0.684. The lowest BCUT2D eigenvalue weighted by Gasteiger charge is -2.16. The summed E-state index contributed by atoms with van der Waals surface area (Å²) >= 11 is 0. The molecule has 0 radical (unpaired) electrons. The van der Waals surface area contributed by atoms with E-state index < -0.39 is 0 Å². The Bertz CT molecular complexity index is 315. The first-order valence-corrected chi connectivity index (χ1v) is 8.20. The van der Waals surface area contributed by atoms with Crippen molar-refractivity contribution in [1.82, 2.24) is 4.98 Å². The molecular formula is C18H31N.